The Hall–Kier alpha value is -3.74. The lowest BCUT2D eigenvalue weighted by molar-refractivity contribution is -0.137. The molecule has 13 heteroatoms. The zero-order valence-electron chi connectivity index (χ0n) is 19.7. The van der Waals surface area contributed by atoms with E-state index < -0.39 is 76.0 Å². The van der Waals surface area contributed by atoms with Gasteiger partial charge < -0.3 is 15.0 Å². The Morgan fingerprint density at radius 3 is 2.39 bits per heavy atom. The number of nitrogens with one attached hydrogen (secondary N) is 2. The number of carbonyl (C=O) groups excluding carboxylic acids is 1. The number of alkyl halides is 3. The van der Waals surface area contributed by atoms with Crippen LogP contribution >= 0.6 is 0 Å². The molecule has 1 aliphatic rings. The molecule has 0 radical (unpaired) electrons. The molecule has 4 rings (SSSR count). The molecule has 0 saturated heterocycles. The zero-order valence-corrected chi connectivity index (χ0v) is 19.7. The highest BCUT2D eigenvalue weighted by atomic mass is 19.4. The molecular formula is C25H20F7N3O3. The summed E-state index contributed by atoms with van der Waals surface area (Å²) in [6, 6.07) is 4.50. The monoisotopic (exact) mass is 543 g/mol. The number of aryl methyl sites for hydroxylation is 1. The number of aromatic nitrogens is 2. The highest BCUT2D eigenvalue weighted by Gasteiger charge is 2.38. The molecule has 202 valence electrons. The van der Waals surface area contributed by atoms with E-state index in [0.29, 0.717) is 6.07 Å². The van der Waals surface area contributed by atoms with Gasteiger partial charge in [-0.1, -0.05) is 12.1 Å². The van der Waals surface area contributed by atoms with Crippen LogP contribution in [0.3, 0.4) is 0 Å². The number of H-pyrrole nitrogens is 1. The molecule has 0 atom stereocenters. The predicted octanol–water partition coefficient (Wildman–Crippen LogP) is 4.93. The lowest BCUT2D eigenvalue weighted by Crippen LogP contribution is -2.42. The van der Waals surface area contributed by atoms with Gasteiger partial charge in [0.25, 0.3) is 5.56 Å². The molecule has 0 spiro atoms. The third-order valence-corrected chi connectivity index (χ3v) is 6.20. The normalized spacial score (nSPS) is 17.3. The van der Waals surface area contributed by atoms with Gasteiger partial charge in [-0.3, -0.25) is 9.59 Å². The third kappa shape index (κ3) is 5.72. The molecule has 3 aromatic rings. The Kier molecular flexibility index (Phi) is 7.58. The molecule has 2 aromatic carbocycles. The third-order valence-electron chi connectivity index (χ3n) is 6.20. The fourth-order valence-corrected chi connectivity index (χ4v) is 4.00. The summed E-state index contributed by atoms with van der Waals surface area (Å²) in [6.45, 7) is 0.460. The summed E-state index contributed by atoms with van der Waals surface area (Å²) in [5, 5.41) is 2.45. The lowest BCUT2D eigenvalue weighted by Gasteiger charge is -2.34. The number of hydrogen-bond donors (Lipinski definition) is 2. The standard InChI is InChI=1S/C25H20F7N3O3/c1-11-20(28)24(37)35-22(34-11)19-17(25(30,31)32)5-3-12(21(19)29)9-33-23(36)14-6-16(7-14)38-10-13-2-4-15(26)8-18(13)27/h2-5,8,14,16H,6-7,9-10H2,1H3,(H,33,36)(H,34,35,37)/t14-,16-. The first-order chi connectivity index (χ1) is 17.8. The van der Waals surface area contributed by atoms with Crippen molar-refractivity contribution in [3.8, 4) is 11.4 Å². The number of carbonyl (C=O) groups is 1. The fraction of sp³-hybridized carbons (Fsp3) is 0.320. The van der Waals surface area contributed by atoms with Gasteiger partial charge in [0.2, 0.25) is 11.7 Å². The van der Waals surface area contributed by atoms with Gasteiger partial charge in [-0.15, -0.1) is 0 Å². The number of amides is 1. The van der Waals surface area contributed by atoms with E-state index in [-0.39, 0.29) is 36.7 Å². The number of aromatic amines is 1. The van der Waals surface area contributed by atoms with Crippen LogP contribution in [0.15, 0.2) is 35.1 Å². The van der Waals surface area contributed by atoms with Gasteiger partial charge in [0.05, 0.1) is 29.5 Å². The second-order valence-corrected chi connectivity index (χ2v) is 8.83. The maximum absolute atomic E-state index is 15.3. The second-order valence-electron chi connectivity index (χ2n) is 8.83. The van der Waals surface area contributed by atoms with Crippen molar-refractivity contribution in [3.05, 3.63) is 86.3 Å². The summed E-state index contributed by atoms with van der Waals surface area (Å²) >= 11 is 0. The highest BCUT2D eigenvalue weighted by Crippen LogP contribution is 2.38. The topological polar surface area (TPSA) is 84.1 Å². The first-order valence-corrected chi connectivity index (χ1v) is 11.3. The Labute approximate surface area is 210 Å². The van der Waals surface area contributed by atoms with Gasteiger partial charge in [-0.05, 0) is 31.9 Å². The Morgan fingerprint density at radius 1 is 1.08 bits per heavy atom. The fourth-order valence-electron chi connectivity index (χ4n) is 4.00. The van der Waals surface area contributed by atoms with Crippen LogP contribution in [0.1, 0.15) is 35.2 Å². The molecule has 6 nitrogen and oxygen atoms in total. The van der Waals surface area contributed by atoms with E-state index in [1.54, 1.807) is 0 Å². The van der Waals surface area contributed by atoms with E-state index in [9.17, 15) is 35.9 Å². The van der Waals surface area contributed by atoms with Crippen molar-refractivity contribution in [1.82, 2.24) is 15.3 Å². The molecular weight excluding hydrogens is 523 g/mol. The van der Waals surface area contributed by atoms with Crippen LogP contribution in [0.4, 0.5) is 30.7 Å². The smallest absolute Gasteiger partial charge is 0.373 e. The van der Waals surface area contributed by atoms with Crippen LogP contribution in [0.5, 0.6) is 0 Å². The van der Waals surface area contributed by atoms with Crippen molar-refractivity contribution >= 4 is 5.91 Å². The minimum Gasteiger partial charge on any atom is -0.373 e. The maximum Gasteiger partial charge on any atom is 0.417 e. The van der Waals surface area contributed by atoms with E-state index in [1.165, 1.54) is 6.07 Å². The van der Waals surface area contributed by atoms with Crippen LogP contribution in [0, 0.1) is 36.1 Å². The summed E-state index contributed by atoms with van der Waals surface area (Å²) in [5.41, 5.74) is -4.54. The number of halogens is 7. The maximum atomic E-state index is 15.3. The van der Waals surface area contributed by atoms with Crippen molar-refractivity contribution < 1.29 is 40.3 Å². The summed E-state index contributed by atoms with van der Waals surface area (Å²) < 4.78 is 102. The molecule has 38 heavy (non-hydrogen) atoms. The van der Waals surface area contributed by atoms with Crippen molar-refractivity contribution in [2.75, 3.05) is 0 Å². The number of rotatable bonds is 7. The summed E-state index contributed by atoms with van der Waals surface area (Å²) in [5.74, 6) is -5.99. The van der Waals surface area contributed by atoms with Crippen LogP contribution in [-0.4, -0.2) is 22.0 Å². The number of hydrogen-bond acceptors (Lipinski definition) is 4. The lowest BCUT2D eigenvalue weighted by atomic mass is 9.81. The van der Waals surface area contributed by atoms with Gasteiger partial charge in [0.15, 0.2) is 0 Å². The molecule has 1 amide bonds. The van der Waals surface area contributed by atoms with E-state index in [4.69, 9.17) is 4.74 Å². The number of ether oxygens (including phenoxy) is 1. The van der Waals surface area contributed by atoms with E-state index in [2.05, 4.69) is 10.3 Å². The average molecular weight is 543 g/mol. The molecule has 0 unspecified atom stereocenters. The minimum absolute atomic E-state index is 0.121. The van der Waals surface area contributed by atoms with E-state index in [1.807, 2.05) is 4.98 Å². The van der Waals surface area contributed by atoms with Crippen molar-refractivity contribution in [1.29, 1.82) is 0 Å². The zero-order chi connectivity index (χ0) is 27.8. The molecule has 1 heterocycles. The number of benzene rings is 2. The first-order valence-electron chi connectivity index (χ1n) is 11.3. The SMILES string of the molecule is Cc1nc(-c2c(C(F)(F)F)ccc(CNC(=O)[C@H]3C[C@H](OCc4ccc(F)cc4F)C3)c2F)[nH]c(=O)c1F. The predicted molar refractivity (Wildman–Crippen MR) is 119 cm³/mol. The summed E-state index contributed by atoms with van der Waals surface area (Å²) in [6.07, 6.45) is -4.84. The van der Waals surface area contributed by atoms with Crippen molar-refractivity contribution in [3.63, 3.8) is 0 Å². The van der Waals surface area contributed by atoms with Crippen LogP contribution in [0.25, 0.3) is 11.4 Å². The Bertz CT molecular complexity index is 1430. The van der Waals surface area contributed by atoms with Crippen LogP contribution < -0.4 is 10.9 Å². The molecule has 0 bridgehead atoms. The van der Waals surface area contributed by atoms with Gasteiger partial charge in [0, 0.05) is 29.7 Å². The van der Waals surface area contributed by atoms with E-state index >= 15 is 4.39 Å². The van der Waals surface area contributed by atoms with Gasteiger partial charge in [0.1, 0.15) is 23.3 Å². The van der Waals surface area contributed by atoms with Crippen LogP contribution in [-0.2, 0) is 28.9 Å². The second kappa shape index (κ2) is 10.6. The Balaban J connectivity index is 1.42. The van der Waals surface area contributed by atoms with Gasteiger partial charge in [-0.25, -0.2) is 18.2 Å². The van der Waals surface area contributed by atoms with Crippen molar-refractivity contribution in [2.24, 2.45) is 5.92 Å². The molecule has 1 fully saturated rings. The Morgan fingerprint density at radius 2 is 1.76 bits per heavy atom. The first kappa shape index (κ1) is 27.3. The van der Waals surface area contributed by atoms with Crippen molar-refractivity contribution in [2.45, 2.75) is 45.2 Å². The molecule has 0 aliphatic heterocycles. The molecule has 1 aromatic heterocycles. The minimum atomic E-state index is -5.02. The number of nitrogens with zero attached hydrogens (tertiary/aromatic N) is 1. The highest BCUT2D eigenvalue weighted by molar-refractivity contribution is 5.79. The summed E-state index contributed by atoms with van der Waals surface area (Å²) in [7, 11) is 0. The summed E-state index contributed by atoms with van der Waals surface area (Å²) in [4.78, 5) is 29.6. The average Bonchev–Trinajstić information content (AvgIpc) is 2.80. The van der Waals surface area contributed by atoms with E-state index in [0.717, 1.165) is 25.1 Å². The van der Waals surface area contributed by atoms with Crippen LogP contribution in [0.2, 0.25) is 0 Å². The molecule has 1 saturated carbocycles. The van der Waals surface area contributed by atoms with Gasteiger partial charge in [-0.2, -0.15) is 17.6 Å². The molecule has 1 aliphatic carbocycles. The largest absolute Gasteiger partial charge is 0.417 e. The quantitative estimate of drug-likeness (QED) is 0.414. The van der Waals surface area contributed by atoms with Gasteiger partial charge >= 0.3 is 6.18 Å². The molecule has 2 N–H and O–H groups in total.